The van der Waals surface area contributed by atoms with Crippen molar-refractivity contribution in [3.63, 3.8) is 0 Å². The van der Waals surface area contributed by atoms with Gasteiger partial charge < -0.3 is 15.4 Å². The average Bonchev–Trinajstić information content (AvgIpc) is 3.14. The molecule has 0 spiro atoms. The van der Waals surface area contributed by atoms with Crippen LogP contribution in [0.3, 0.4) is 0 Å². The van der Waals surface area contributed by atoms with Gasteiger partial charge in [0.1, 0.15) is 5.82 Å². The largest absolute Gasteiger partial charge is 0.416 e. The van der Waals surface area contributed by atoms with E-state index in [0.29, 0.717) is 30.5 Å². The molecule has 0 saturated carbocycles. The number of halogens is 7. The lowest BCUT2D eigenvalue weighted by Crippen LogP contribution is -2.59. The molecule has 36 heavy (non-hydrogen) atoms. The van der Waals surface area contributed by atoms with Crippen molar-refractivity contribution in [3.8, 4) is 0 Å². The summed E-state index contributed by atoms with van der Waals surface area (Å²) in [5, 5.41) is 0. The van der Waals surface area contributed by atoms with Crippen molar-refractivity contribution in [2.75, 3.05) is 6.54 Å². The summed E-state index contributed by atoms with van der Waals surface area (Å²) in [6, 6.07) is 6.55. The van der Waals surface area contributed by atoms with Crippen LogP contribution in [0.5, 0.6) is 0 Å². The van der Waals surface area contributed by atoms with E-state index in [9.17, 15) is 35.5 Å². The van der Waals surface area contributed by atoms with E-state index in [1.807, 2.05) is 0 Å². The Morgan fingerprint density at radius 2 is 1.58 bits per heavy atom. The predicted octanol–water partition coefficient (Wildman–Crippen LogP) is 5.82. The van der Waals surface area contributed by atoms with Gasteiger partial charge in [-0.1, -0.05) is 12.1 Å². The highest BCUT2D eigenvalue weighted by Gasteiger charge is 2.52. The summed E-state index contributed by atoms with van der Waals surface area (Å²) >= 11 is 0. The third-order valence-electron chi connectivity index (χ3n) is 7.01. The predicted molar refractivity (Wildman–Crippen MR) is 116 cm³/mol. The molecule has 196 valence electrons. The zero-order valence-corrected chi connectivity index (χ0v) is 19.5. The van der Waals surface area contributed by atoms with E-state index in [4.69, 9.17) is 10.5 Å². The van der Waals surface area contributed by atoms with Crippen molar-refractivity contribution < 1.29 is 40.3 Å². The van der Waals surface area contributed by atoms with Gasteiger partial charge in [0.25, 0.3) is 0 Å². The van der Waals surface area contributed by atoms with Gasteiger partial charge in [-0.05, 0) is 68.1 Å². The molecule has 0 radical (unpaired) electrons. The standard InChI is InChI=1S/C25H25F7N2O2/c1-13(15-9-16(24(27,28)29)11-17(10-15)25(30,31)32)36-20-12-34-19(7-8-23(2,33)22(34)35)21(20)14-3-5-18(26)6-4-14/h3-6,9-11,13,19-21H,7-8,12,33H2,1-2H3/t13-,19+,20+,21?,23?/m1/s1. The van der Waals surface area contributed by atoms with Crippen LogP contribution in [0.25, 0.3) is 0 Å². The molecule has 2 aliphatic rings. The van der Waals surface area contributed by atoms with Crippen LogP contribution in [0.15, 0.2) is 42.5 Å². The van der Waals surface area contributed by atoms with Crippen molar-refractivity contribution in [1.82, 2.24) is 4.90 Å². The van der Waals surface area contributed by atoms with Gasteiger partial charge in [0.15, 0.2) is 0 Å². The van der Waals surface area contributed by atoms with E-state index in [1.165, 1.54) is 31.2 Å². The fourth-order valence-corrected chi connectivity index (χ4v) is 5.14. The van der Waals surface area contributed by atoms with Crippen LogP contribution < -0.4 is 5.73 Å². The summed E-state index contributed by atoms with van der Waals surface area (Å²) in [6.07, 6.45) is -11.0. The summed E-state index contributed by atoms with van der Waals surface area (Å²) in [4.78, 5) is 14.6. The monoisotopic (exact) mass is 518 g/mol. The number of amides is 1. The molecule has 2 aromatic carbocycles. The summed E-state index contributed by atoms with van der Waals surface area (Å²) in [5.41, 5.74) is 2.52. The first-order valence-corrected chi connectivity index (χ1v) is 11.4. The number of hydrogen-bond donors (Lipinski definition) is 1. The van der Waals surface area contributed by atoms with Crippen LogP contribution in [0, 0.1) is 5.82 Å². The first-order valence-electron chi connectivity index (χ1n) is 11.4. The van der Waals surface area contributed by atoms with Crippen LogP contribution in [0.2, 0.25) is 0 Å². The average molecular weight is 518 g/mol. The van der Waals surface area contributed by atoms with Crippen LogP contribution in [0.1, 0.15) is 61.0 Å². The Hall–Kier alpha value is -2.66. The van der Waals surface area contributed by atoms with Crippen molar-refractivity contribution in [2.24, 2.45) is 5.73 Å². The highest BCUT2D eigenvalue weighted by Crippen LogP contribution is 2.44. The van der Waals surface area contributed by atoms with Crippen LogP contribution >= 0.6 is 0 Å². The van der Waals surface area contributed by atoms with E-state index in [-0.39, 0.29) is 30.1 Å². The van der Waals surface area contributed by atoms with Gasteiger partial charge >= 0.3 is 12.4 Å². The lowest BCUT2D eigenvalue weighted by Gasteiger charge is -2.40. The van der Waals surface area contributed by atoms with Crippen molar-refractivity contribution in [2.45, 2.75) is 68.7 Å². The second kappa shape index (κ2) is 9.02. The molecule has 2 unspecified atom stereocenters. The molecular weight excluding hydrogens is 493 g/mol. The van der Waals surface area contributed by atoms with Crippen LogP contribution in [-0.4, -0.2) is 35.0 Å². The number of nitrogens with two attached hydrogens (primary N) is 1. The number of nitrogens with zero attached hydrogens (tertiary/aromatic N) is 1. The maximum absolute atomic E-state index is 13.6. The first-order chi connectivity index (χ1) is 16.6. The molecule has 2 fully saturated rings. The fraction of sp³-hybridized carbons (Fsp3) is 0.480. The lowest BCUT2D eigenvalue weighted by molar-refractivity contribution is -0.144. The maximum Gasteiger partial charge on any atom is 0.416 e. The third kappa shape index (κ3) is 5.08. The minimum absolute atomic E-state index is 0.0494. The summed E-state index contributed by atoms with van der Waals surface area (Å²) in [6.45, 7) is 3.02. The van der Waals surface area contributed by atoms with Crippen LogP contribution in [0.4, 0.5) is 30.7 Å². The van der Waals surface area contributed by atoms with Gasteiger partial charge in [-0.15, -0.1) is 0 Å². The molecule has 0 bridgehead atoms. The molecule has 4 rings (SSSR count). The minimum Gasteiger partial charge on any atom is -0.368 e. The van der Waals surface area contributed by atoms with Gasteiger partial charge in [-0.25, -0.2) is 4.39 Å². The Morgan fingerprint density at radius 3 is 2.11 bits per heavy atom. The number of ether oxygens (including phenoxy) is 1. The molecule has 5 atom stereocenters. The third-order valence-corrected chi connectivity index (χ3v) is 7.01. The molecule has 11 heteroatoms. The second-order valence-electron chi connectivity index (χ2n) is 9.71. The number of benzene rings is 2. The quantitative estimate of drug-likeness (QED) is 0.520. The van der Waals surface area contributed by atoms with Crippen molar-refractivity contribution >= 4 is 5.91 Å². The summed E-state index contributed by atoms with van der Waals surface area (Å²) in [5.74, 6) is -1.26. The number of hydrogen-bond acceptors (Lipinski definition) is 3. The molecule has 2 heterocycles. The normalized spacial score (nSPS) is 27.8. The van der Waals surface area contributed by atoms with Gasteiger partial charge in [-0.3, -0.25) is 4.79 Å². The summed E-state index contributed by atoms with van der Waals surface area (Å²) < 4.78 is 99.7. The first kappa shape index (κ1) is 26.4. The molecule has 2 saturated heterocycles. The lowest BCUT2D eigenvalue weighted by atomic mass is 9.81. The Balaban J connectivity index is 1.69. The zero-order chi connectivity index (χ0) is 26.6. The topological polar surface area (TPSA) is 55.6 Å². The van der Waals surface area contributed by atoms with E-state index in [1.54, 1.807) is 11.8 Å². The SMILES string of the molecule is C[C@@H](O[C@H]1CN2C(=O)C(C)(N)CC[C@H]2C1c1ccc(F)cc1)c1cc(C(F)(F)F)cc(C(F)(F)F)c1. The van der Waals surface area contributed by atoms with E-state index in [0.717, 1.165) is 0 Å². The molecule has 2 aromatic rings. The van der Waals surface area contributed by atoms with E-state index >= 15 is 0 Å². The molecule has 4 nitrogen and oxygen atoms in total. The molecule has 2 N–H and O–H groups in total. The second-order valence-corrected chi connectivity index (χ2v) is 9.71. The fourth-order valence-electron chi connectivity index (χ4n) is 5.14. The number of alkyl halides is 6. The smallest absolute Gasteiger partial charge is 0.368 e. The van der Waals surface area contributed by atoms with Crippen molar-refractivity contribution in [1.29, 1.82) is 0 Å². The maximum atomic E-state index is 13.6. The Bertz CT molecular complexity index is 1100. The Labute approximate surface area is 203 Å². The molecular formula is C25H25F7N2O2. The number of piperidine rings is 1. The van der Waals surface area contributed by atoms with Gasteiger partial charge in [0.2, 0.25) is 5.91 Å². The number of carbonyl (C=O) groups excluding carboxylic acids is 1. The van der Waals surface area contributed by atoms with Crippen molar-refractivity contribution in [3.05, 3.63) is 70.5 Å². The highest BCUT2D eigenvalue weighted by molar-refractivity contribution is 5.87. The number of fused-ring (bicyclic) bond motifs is 1. The highest BCUT2D eigenvalue weighted by atomic mass is 19.4. The number of rotatable bonds is 4. The molecule has 0 aromatic heterocycles. The Kier molecular flexibility index (Phi) is 6.62. The minimum atomic E-state index is -4.99. The molecule has 0 aliphatic carbocycles. The van der Waals surface area contributed by atoms with E-state index < -0.39 is 53.0 Å². The van der Waals surface area contributed by atoms with Gasteiger partial charge in [0, 0.05) is 18.5 Å². The van der Waals surface area contributed by atoms with Gasteiger partial charge in [0.05, 0.1) is 28.9 Å². The molecule has 2 aliphatic heterocycles. The summed E-state index contributed by atoms with van der Waals surface area (Å²) in [7, 11) is 0. The van der Waals surface area contributed by atoms with Gasteiger partial charge in [-0.2, -0.15) is 26.3 Å². The van der Waals surface area contributed by atoms with Crippen LogP contribution in [-0.2, 0) is 21.9 Å². The van der Waals surface area contributed by atoms with E-state index in [2.05, 4.69) is 0 Å². The molecule has 1 amide bonds. The number of carbonyl (C=O) groups is 1. The zero-order valence-electron chi connectivity index (χ0n) is 19.5. The Morgan fingerprint density at radius 1 is 1.03 bits per heavy atom.